The van der Waals surface area contributed by atoms with Crippen LogP contribution in [0.2, 0.25) is 0 Å². The van der Waals surface area contributed by atoms with Crippen LogP contribution in [0.3, 0.4) is 0 Å². The second-order valence-electron chi connectivity index (χ2n) is 4.14. The number of hydrogen-bond donors (Lipinski definition) is 1. The minimum Gasteiger partial charge on any atom is -0.343 e. The molecule has 0 saturated carbocycles. The van der Waals surface area contributed by atoms with Crippen LogP contribution >= 0.6 is 0 Å². The first kappa shape index (κ1) is 11.1. The molecule has 1 aliphatic heterocycles. The third-order valence-corrected chi connectivity index (χ3v) is 3.07. The van der Waals surface area contributed by atoms with Gasteiger partial charge in [0.15, 0.2) is 0 Å². The van der Waals surface area contributed by atoms with Crippen LogP contribution in [0.5, 0.6) is 0 Å². The zero-order valence-electron chi connectivity index (χ0n) is 9.38. The van der Waals surface area contributed by atoms with Crippen molar-refractivity contribution in [1.82, 2.24) is 14.7 Å². The van der Waals surface area contributed by atoms with Crippen molar-refractivity contribution in [2.45, 2.75) is 25.3 Å². The largest absolute Gasteiger partial charge is 0.343 e. The van der Waals surface area contributed by atoms with Gasteiger partial charge in [0.25, 0.3) is 0 Å². The number of amides is 1. The van der Waals surface area contributed by atoms with E-state index >= 15 is 0 Å². The SMILES string of the molecule is NCCC(=O)N1CCC(n2cccn2)CC1. The van der Waals surface area contributed by atoms with E-state index in [0.29, 0.717) is 19.0 Å². The van der Waals surface area contributed by atoms with Gasteiger partial charge >= 0.3 is 0 Å². The van der Waals surface area contributed by atoms with Gasteiger partial charge in [-0.1, -0.05) is 0 Å². The summed E-state index contributed by atoms with van der Waals surface area (Å²) in [5, 5.41) is 4.24. The van der Waals surface area contributed by atoms with Gasteiger partial charge in [-0.25, -0.2) is 0 Å². The first-order chi connectivity index (χ1) is 7.81. The number of likely N-dealkylation sites (tertiary alicyclic amines) is 1. The van der Waals surface area contributed by atoms with Crippen LogP contribution in [0.25, 0.3) is 0 Å². The Morgan fingerprint density at radius 3 is 2.75 bits per heavy atom. The van der Waals surface area contributed by atoms with Gasteiger partial charge in [0.05, 0.1) is 6.04 Å². The van der Waals surface area contributed by atoms with E-state index in [2.05, 4.69) is 5.10 Å². The molecule has 16 heavy (non-hydrogen) atoms. The Balaban J connectivity index is 1.85. The lowest BCUT2D eigenvalue weighted by Crippen LogP contribution is -2.39. The maximum Gasteiger partial charge on any atom is 0.223 e. The molecule has 0 atom stereocenters. The summed E-state index contributed by atoms with van der Waals surface area (Å²) in [7, 11) is 0. The molecule has 1 fully saturated rings. The van der Waals surface area contributed by atoms with Crippen LogP contribution in [0.4, 0.5) is 0 Å². The maximum atomic E-state index is 11.6. The first-order valence-corrected chi connectivity index (χ1v) is 5.78. The second kappa shape index (κ2) is 5.12. The van der Waals surface area contributed by atoms with Crippen LogP contribution < -0.4 is 5.73 Å². The third kappa shape index (κ3) is 2.41. The number of rotatable bonds is 3. The van der Waals surface area contributed by atoms with Crippen molar-refractivity contribution >= 4 is 5.91 Å². The smallest absolute Gasteiger partial charge is 0.223 e. The normalized spacial score (nSPS) is 17.7. The number of aromatic nitrogens is 2. The van der Waals surface area contributed by atoms with E-state index in [1.165, 1.54) is 0 Å². The number of carbonyl (C=O) groups is 1. The molecule has 1 saturated heterocycles. The number of piperidine rings is 1. The molecule has 5 nitrogen and oxygen atoms in total. The van der Waals surface area contributed by atoms with E-state index in [4.69, 9.17) is 5.73 Å². The lowest BCUT2D eigenvalue weighted by atomic mass is 10.1. The second-order valence-corrected chi connectivity index (χ2v) is 4.14. The molecule has 0 radical (unpaired) electrons. The molecular formula is C11H18N4O. The quantitative estimate of drug-likeness (QED) is 0.805. The zero-order chi connectivity index (χ0) is 11.4. The first-order valence-electron chi connectivity index (χ1n) is 5.78. The summed E-state index contributed by atoms with van der Waals surface area (Å²) in [6.07, 6.45) is 6.22. The fraction of sp³-hybridized carbons (Fsp3) is 0.636. The molecule has 5 heteroatoms. The zero-order valence-corrected chi connectivity index (χ0v) is 9.38. The standard InChI is InChI=1S/C11H18N4O/c12-5-2-11(16)14-8-3-10(4-9-14)15-7-1-6-13-15/h1,6-7,10H,2-5,8-9,12H2. The molecule has 0 aliphatic carbocycles. The van der Waals surface area contributed by atoms with Crippen molar-refractivity contribution in [3.63, 3.8) is 0 Å². The van der Waals surface area contributed by atoms with Crippen LogP contribution in [0, 0.1) is 0 Å². The van der Waals surface area contributed by atoms with Gasteiger partial charge in [-0.3, -0.25) is 9.48 Å². The molecule has 88 valence electrons. The van der Waals surface area contributed by atoms with Crippen LogP contribution in [-0.4, -0.2) is 40.2 Å². The van der Waals surface area contributed by atoms with E-state index < -0.39 is 0 Å². The molecule has 1 aromatic rings. The molecule has 0 spiro atoms. The molecule has 1 aromatic heterocycles. The highest BCUT2D eigenvalue weighted by atomic mass is 16.2. The maximum absolute atomic E-state index is 11.6. The summed E-state index contributed by atoms with van der Waals surface area (Å²) < 4.78 is 1.99. The van der Waals surface area contributed by atoms with E-state index in [-0.39, 0.29) is 5.91 Å². The van der Waals surface area contributed by atoms with Crippen LogP contribution in [0.15, 0.2) is 18.5 Å². The molecule has 0 unspecified atom stereocenters. The summed E-state index contributed by atoms with van der Waals surface area (Å²) in [5.41, 5.74) is 5.38. The fourth-order valence-corrected chi connectivity index (χ4v) is 2.16. The number of nitrogens with zero attached hydrogens (tertiary/aromatic N) is 3. The predicted molar refractivity (Wildman–Crippen MR) is 60.7 cm³/mol. The average molecular weight is 222 g/mol. The van der Waals surface area contributed by atoms with Crippen molar-refractivity contribution < 1.29 is 4.79 Å². The van der Waals surface area contributed by atoms with Gasteiger partial charge in [0.1, 0.15) is 0 Å². The van der Waals surface area contributed by atoms with Gasteiger partial charge in [0, 0.05) is 38.4 Å². The highest BCUT2D eigenvalue weighted by Gasteiger charge is 2.23. The van der Waals surface area contributed by atoms with Gasteiger partial charge in [0.2, 0.25) is 5.91 Å². The molecule has 2 N–H and O–H groups in total. The lowest BCUT2D eigenvalue weighted by molar-refractivity contribution is -0.132. The lowest BCUT2D eigenvalue weighted by Gasteiger charge is -2.32. The minimum atomic E-state index is 0.182. The summed E-state index contributed by atoms with van der Waals surface area (Å²) in [4.78, 5) is 13.5. The Bertz CT molecular complexity index is 328. The fourth-order valence-electron chi connectivity index (χ4n) is 2.16. The van der Waals surface area contributed by atoms with Crippen molar-refractivity contribution in [3.8, 4) is 0 Å². The van der Waals surface area contributed by atoms with Crippen molar-refractivity contribution in [1.29, 1.82) is 0 Å². The number of hydrogen-bond acceptors (Lipinski definition) is 3. The average Bonchev–Trinajstić information content (AvgIpc) is 2.83. The van der Waals surface area contributed by atoms with E-state index in [0.717, 1.165) is 25.9 Å². The van der Waals surface area contributed by atoms with Crippen LogP contribution in [0.1, 0.15) is 25.3 Å². The Morgan fingerprint density at radius 1 is 1.44 bits per heavy atom. The minimum absolute atomic E-state index is 0.182. The van der Waals surface area contributed by atoms with E-state index in [1.54, 1.807) is 6.20 Å². The monoisotopic (exact) mass is 222 g/mol. The third-order valence-electron chi connectivity index (χ3n) is 3.07. The van der Waals surface area contributed by atoms with Gasteiger partial charge < -0.3 is 10.6 Å². The van der Waals surface area contributed by atoms with Gasteiger partial charge in [-0.2, -0.15) is 5.10 Å². The van der Waals surface area contributed by atoms with Crippen molar-refractivity contribution in [2.75, 3.05) is 19.6 Å². The Morgan fingerprint density at radius 2 is 2.19 bits per heavy atom. The summed E-state index contributed by atoms with van der Waals surface area (Å²) in [6.45, 7) is 2.09. The Hall–Kier alpha value is -1.36. The summed E-state index contributed by atoms with van der Waals surface area (Å²) in [5.74, 6) is 0.182. The Labute approximate surface area is 95.2 Å². The molecule has 1 aliphatic rings. The van der Waals surface area contributed by atoms with Gasteiger partial charge in [-0.15, -0.1) is 0 Å². The molecule has 2 heterocycles. The summed E-state index contributed by atoms with van der Waals surface area (Å²) >= 11 is 0. The molecule has 0 aromatic carbocycles. The highest BCUT2D eigenvalue weighted by Crippen LogP contribution is 2.21. The number of carbonyl (C=O) groups excluding carboxylic acids is 1. The summed E-state index contributed by atoms with van der Waals surface area (Å²) in [6, 6.07) is 2.38. The van der Waals surface area contributed by atoms with Crippen molar-refractivity contribution in [2.24, 2.45) is 5.73 Å². The topological polar surface area (TPSA) is 64.2 Å². The highest BCUT2D eigenvalue weighted by molar-refractivity contribution is 5.76. The van der Waals surface area contributed by atoms with E-state index in [1.807, 2.05) is 21.8 Å². The molecule has 1 amide bonds. The van der Waals surface area contributed by atoms with Crippen molar-refractivity contribution in [3.05, 3.63) is 18.5 Å². The van der Waals surface area contributed by atoms with Crippen LogP contribution in [-0.2, 0) is 4.79 Å². The predicted octanol–water partition coefficient (Wildman–Crippen LogP) is 0.395. The van der Waals surface area contributed by atoms with E-state index in [9.17, 15) is 4.79 Å². The number of nitrogens with two attached hydrogens (primary N) is 1. The van der Waals surface area contributed by atoms with Gasteiger partial charge in [-0.05, 0) is 18.9 Å². The molecular weight excluding hydrogens is 204 g/mol. The Kier molecular flexibility index (Phi) is 3.56. The molecule has 2 rings (SSSR count). The molecule has 0 bridgehead atoms.